The second kappa shape index (κ2) is 5.77. The van der Waals surface area contributed by atoms with Gasteiger partial charge in [-0.3, -0.25) is 14.4 Å². The van der Waals surface area contributed by atoms with Gasteiger partial charge in [0.15, 0.2) is 10.8 Å². The van der Waals surface area contributed by atoms with Crippen LogP contribution in [0.3, 0.4) is 0 Å². The summed E-state index contributed by atoms with van der Waals surface area (Å²) >= 11 is 1.59. The Morgan fingerprint density at radius 2 is 2.27 bits per heavy atom. The number of hydrogen-bond donors (Lipinski definition) is 0. The number of fused-ring (bicyclic) bond motifs is 3. The number of rotatable bonds is 4. The molecule has 0 N–H and O–H groups in total. The first-order valence-electron chi connectivity index (χ1n) is 8.95. The van der Waals surface area contributed by atoms with Crippen LogP contribution in [0.25, 0.3) is 11.3 Å². The van der Waals surface area contributed by atoms with Crippen LogP contribution >= 0.6 is 11.3 Å². The maximum atomic E-state index is 12.9. The van der Waals surface area contributed by atoms with E-state index in [0.29, 0.717) is 18.2 Å². The van der Waals surface area contributed by atoms with E-state index >= 15 is 0 Å². The molecule has 0 saturated heterocycles. The van der Waals surface area contributed by atoms with Crippen LogP contribution in [0.15, 0.2) is 16.8 Å². The van der Waals surface area contributed by atoms with Gasteiger partial charge in [-0.25, -0.2) is 4.98 Å². The smallest absolute Gasteiger partial charge is 0.282 e. The quantitative estimate of drug-likeness (QED) is 0.706. The molecule has 0 radical (unpaired) electrons. The number of aromatic nitrogens is 4. The van der Waals surface area contributed by atoms with E-state index in [9.17, 15) is 4.79 Å². The number of aryl methyl sites for hydroxylation is 2. The highest BCUT2D eigenvalue weighted by atomic mass is 32.1. The highest BCUT2D eigenvalue weighted by Crippen LogP contribution is 2.41. The number of carbonyl (C=O) groups excluding carboxylic acids is 1. The third-order valence-electron chi connectivity index (χ3n) is 5.11. The van der Waals surface area contributed by atoms with Crippen molar-refractivity contribution in [1.29, 1.82) is 0 Å². The zero-order chi connectivity index (χ0) is 17.8. The summed E-state index contributed by atoms with van der Waals surface area (Å²) < 4.78 is 7.26. The minimum atomic E-state index is -0.152. The van der Waals surface area contributed by atoms with Crippen LogP contribution in [0.2, 0.25) is 0 Å². The van der Waals surface area contributed by atoms with E-state index in [4.69, 9.17) is 9.51 Å². The van der Waals surface area contributed by atoms with Gasteiger partial charge in [-0.15, -0.1) is 11.3 Å². The molecule has 3 heterocycles. The first-order chi connectivity index (χ1) is 12.7. The fourth-order valence-electron chi connectivity index (χ4n) is 3.48. The zero-order valence-electron chi connectivity index (χ0n) is 14.7. The SMILES string of the molecule is CCN(C(=O)c1cc(C2CC2)on1)c1nc2c(s1)CCc1c-2cnn1C. The predicted molar refractivity (Wildman–Crippen MR) is 97.6 cm³/mol. The number of carbonyl (C=O) groups is 1. The zero-order valence-corrected chi connectivity index (χ0v) is 15.5. The lowest BCUT2D eigenvalue weighted by molar-refractivity contribution is 0.0979. The van der Waals surface area contributed by atoms with E-state index in [1.54, 1.807) is 22.3 Å². The molecule has 0 atom stereocenters. The molecule has 0 bridgehead atoms. The molecule has 0 unspecified atom stereocenters. The Morgan fingerprint density at radius 1 is 1.42 bits per heavy atom. The Balaban J connectivity index is 1.48. The molecule has 0 aromatic carbocycles. The monoisotopic (exact) mass is 369 g/mol. The average molecular weight is 369 g/mol. The van der Waals surface area contributed by atoms with Crippen molar-refractivity contribution < 1.29 is 9.32 Å². The third-order valence-corrected chi connectivity index (χ3v) is 6.25. The fourth-order valence-corrected chi connectivity index (χ4v) is 4.61. The summed E-state index contributed by atoms with van der Waals surface area (Å²) in [6.45, 7) is 2.49. The molecule has 1 fully saturated rings. The van der Waals surface area contributed by atoms with Gasteiger partial charge in [0.25, 0.3) is 5.91 Å². The summed E-state index contributed by atoms with van der Waals surface area (Å²) in [4.78, 5) is 20.6. The fraction of sp³-hybridized carbons (Fsp3) is 0.444. The summed E-state index contributed by atoms with van der Waals surface area (Å²) in [5.41, 5.74) is 3.61. The molecule has 2 aliphatic carbocycles. The molecule has 8 heteroatoms. The third kappa shape index (κ3) is 2.39. The number of hydrogen-bond acceptors (Lipinski definition) is 6. The maximum Gasteiger partial charge on any atom is 0.282 e. The molecule has 26 heavy (non-hydrogen) atoms. The van der Waals surface area contributed by atoms with E-state index in [2.05, 4.69) is 10.3 Å². The number of thiazole rings is 1. The molecule has 5 rings (SSSR count). The molecule has 1 amide bonds. The predicted octanol–water partition coefficient (Wildman–Crippen LogP) is 3.17. The van der Waals surface area contributed by atoms with Gasteiger partial charge in [-0.2, -0.15) is 5.10 Å². The van der Waals surface area contributed by atoms with Crippen LogP contribution in [0.1, 0.15) is 52.5 Å². The van der Waals surface area contributed by atoms with E-state index in [0.717, 1.165) is 47.8 Å². The van der Waals surface area contributed by atoms with Gasteiger partial charge in [0.05, 0.1) is 11.9 Å². The van der Waals surface area contributed by atoms with E-state index in [-0.39, 0.29) is 5.91 Å². The Hall–Kier alpha value is -2.48. The largest absolute Gasteiger partial charge is 0.360 e. The van der Waals surface area contributed by atoms with Crippen molar-refractivity contribution in [1.82, 2.24) is 19.9 Å². The molecule has 0 aliphatic heterocycles. The normalized spacial score (nSPS) is 15.6. The average Bonchev–Trinajstić information content (AvgIpc) is 3.06. The first-order valence-corrected chi connectivity index (χ1v) is 9.76. The Bertz CT molecular complexity index is 997. The Labute approximate surface area is 154 Å². The van der Waals surface area contributed by atoms with Gasteiger partial charge < -0.3 is 4.52 Å². The van der Waals surface area contributed by atoms with E-state index in [1.807, 2.05) is 24.9 Å². The molecule has 2 aliphatic rings. The minimum absolute atomic E-state index is 0.152. The standard InChI is InChI=1S/C18H19N5O2S/c1-3-23(17(24)12-8-14(25-21-12)10-4-5-10)18-20-16-11-9-19-22(2)13(11)6-7-15(16)26-18/h8-10H,3-7H2,1-2H3. The van der Waals surface area contributed by atoms with Crippen LogP contribution in [-0.4, -0.2) is 32.4 Å². The van der Waals surface area contributed by atoms with Gasteiger partial charge in [0.2, 0.25) is 0 Å². The van der Waals surface area contributed by atoms with Crippen LogP contribution < -0.4 is 4.90 Å². The van der Waals surface area contributed by atoms with Crippen molar-refractivity contribution in [2.75, 3.05) is 11.4 Å². The van der Waals surface area contributed by atoms with Crippen LogP contribution in [0, 0.1) is 0 Å². The topological polar surface area (TPSA) is 77.1 Å². The number of anilines is 1. The summed E-state index contributed by atoms with van der Waals surface area (Å²) in [7, 11) is 1.96. The van der Waals surface area contributed by atoms with Crippen molar-refractivity contribution in [3.8, 4) is 11.3 Å². The Morgan fingerprint density at radius 3 is 3.04 bits per heavy atom. The highest BCUT2D eigenvalue weighted by Gasteiger charge is 2.31. The van der Waals surface area contributed by atoms with Crippen molar-refractivity contribution >= 4 is 22.4 Å². The lowest BCUT2D eigenvalue weighted by atomic mass is 10.0. The molecule has 134 valence electrons. The highest BCUT2D eigenvalue weighted by molar-refractivity contribution is 7.16. The van der Waals surface area contributed by atoms with E-state index in [1.165, 1.54) is 10.6 Å². The lowest BCUT2D eigenvalue weighted by Gasteiger charge is -2.15. The Kier molecular flexibility index (Phi) is 3.49. The summed E-state index contributed by atoms with van der Waals surface area (Å²) in [6.07, 6.45) is 5.99. The van der Waals surface area contributed by atoms with E-state index < -0.39 is 0 Å². The van der Waals surface area contributed by atoms with Crippen molar-refractivity contribution in [3.63, 3.8) is 0 Å². The molecule has 3 aromatic heterocycles. The van der Waals surface area contributed by atoms with Gasteiger partial charge in [0.1, 0.15) is 5.76 Å². The molecule has 1 saturated carbocycles. The van der Waals surface area contributed by atoms with Gasteiger partial charge in [-0.05, 0) is 32.6 Å². The second-order valence-corrected chi connectivity index (χ2v) is 7.90. The molecule has 7 nitrogen and oxygen atoms in total. The molecule has 3 aromatic rings. The first kappa shape index (κ1) is 15.7. The van der Waals surface area contributed by atoms with Crippen molar-refractivity contribution in [2.45, 2.75) is 38.5 Å². The molecular weight excluding hydrogens is 350 g/mol. The van der Waals surface area contributed by atoms with Crippen molar-refractivity contribution in [3.05, 3.63) is 34.3 Å². The minimum Gasteiger partial charge on any atom is -0.360 e. The summed E-state index contributed by atoms with van der Waals surface area (Å²) in [6, 6.07) is 1.79. The van der Waals surface area contributed by atoms with Crippen molar-refractivity contribution in [2.24, 2.45) is 7.05 Å². The van der Waals surface area contributed by atoms with Crippen LogP contribution in [-0.2, 0) is 19.9 Å². The summed E-state index contributed by atoms with van der Waals surface area (Å²) in [5.74, 6) is 1.11. The van der Waals surface area contributed by atoms with Gasteiger partial charge in [-0.1, -0.05) is 5.16 Å². The maximum absolute atomic E-state index is 12.9. The van der Waals surface area contributed by atoms with Gasteiger partial charge in [0, 0.05) is 41.7 Å². The molecular formula is C18H19N5O2S. The number of nitrogens with zero attached hydrogens (tertiary/aromatic N) is 5. The van der Waals surface area contributed by atoms with Crippen LogP contribution in [0.4, 0.5) is 5.13 Å². The second-order valence-electron chi connectivity index (χ2n) is 6.83. The van der Waals surface area contributed by atoms with Gasteiger partial charge >= 0.3 is 0 Å². The number of amides is 1. The summed E-state index contributed by atoms with van der Waals surface area (Å²) in [5, 5.41) is 9.07. The lowest BCUT2D eigenvalue weighted by Crippen LogP contribution is -2.30. The van der Waals surface area contributed by atoms with Crippen LogP contribution in [0.5, 0.6) is 0 Å². The molecule has 0 spiro atoms.